The van der Waals surface area contributed by atoms with Crippen LogP contribution in [-0.2, 0) is 4.79 Å². The first kappa shape index (κ1) is 24.6. The molecule has 3 N–H and O–H groups in total. The van der Waals surface area contributed by atoms with Gasteiger partial charge in [0.1, 0.15) is 0 Å². The van der Waals surface area contributed by atoms with E-state index < -0.39 is 18.1 Å². The van der Waals surface area contributed by atoms with E-state index >= 15 is 0 Å². The molecule has 0 atom stereocenters. The lowest BCUT2D eigenvalue weighted by atomic mass is 9.91. The van der Waals surface area contributed by atoms with Crippen LogP contribution in [0.3, 0.4) is 0 Å². The monoisotopic (exact) mass is 404 g/mol. The third-order valence-electron chi connectivity index (χ3n) is 5.10. The van der Waals surface area contributed by atoms with Gasteiger partial charge < -0.3 is 16.0 Å². The van der Waals surface area contributed by atoms with E-state index in [2.05, 4.69) is 16.0 Å². The van der Waals surface area contributed by atoms with E-state index in [1.54, 1.807) is 20.8 Å². The Hall–Kier alpha value is -1.41. The molecule has 1 aliphatic carbocycles. The number of nitrogens with zero attached hydrogens (tertiary/aromatic N) is 1. The van der Waals surface area contributed by atoms with Gasteiger partial charge in [0.15, 0.2) is 0 Å². The molecule has 1 amide bonds. The van der Waals surface area contributed by atoms with Crippen LogP contribution in [0.2, 0.25) is 0 Å². The highest BCUT2D eigenvalue weighted by Crippen LogP contribution is 2.24. The summed E-state index contributed by atoms with van der Waals surface area (Å²) in [6.45, 7) is 9.28. The van der Waals surface area contributed by atoms with Gasteiger partial charge >= 0.3 is 6.18 Å². The molecule has 1 rings (SSSR count). The molecule has 5 nitrogen and oxygen atoms in total. The minimum Gasteiger partial charge on any atom is -0.328 e. The largest absolute Gasteiger partial charge is 0.389 e. The number of allylic oxidation sites excluding steroid dienone is 1. The Balaban J connectivity index is 2.72. The van der Waals surface area contributed by atoms with Crippen LogP contribution in [-0.4, -0.2) is 48.5 Å². The number of hydrogen-bond donors (Lipinski definition) is 3. The number of rotatable bonds is 10. The molecule has 0 spiro atoms. The van der Waals surface area contributed by atoms with E-state index in [-0.39, 0.29) is 24.4 Å². The second-order valence-corrected chi connectivity index (χ2v) is 8.53. The standard InChI is InChI=1S/C20H35F3N4O/c1-14(13-16(18(2,3)24-6)27-15-9-7-10-15)26-17(28)19(4,5)25-12-8-11-20(21,22)23/h13,15,24-25H,7-12H2,1-6H3,(H,26,28)/b14-13+,27-16+. The van der Waals surface area contributed by atoms with E-state index in [0.29, 0.717) is 11.7 Å². The van der Waals surface area contributed by atoms with Gasteiger partial charge in [-0.1, -0.05) is 0 Å². The Labute approximate surface area is 166 Å². The molecule has 0 bridgehead atoms. The molecule has 0 aromatic rings. The zero-order valence-electron chi connectivity index (χ0n) is 17.9. The predicted molar refractivity (Wildman–Crippen MR) is 107 cm³/mol. The highest BCUT2D eigenvalue weighted by Gasteiger charge is 2.30. The summed E-state index contributed by atoms with van der Waals surface area (Å²) in [5.74, 6) is -0.293. The number of carbonyl (C=O) groups is 1. The zero-order valence-corrected chi connectivity index (χ0v) is 17.9. The molecule has 0 aromatic heterocycles. The van der Waals surface area contributed by atoms with Crippen molar-refractivity contribution in [2.75, 3.05) is 13.6 Å². The number of nitrogens with one attached hydrogen (secondary N) is 3. The fourth-order valence-electron chi connectivity index (χ4n) is 2.57. The van der Waals surface area contributed by atoms with Crippen LogP contribution >= 0.6 is 0 Å². The normalized spacial score (nSPS) is 17.5. The molecule has 1 saturated carbocycles. The number of aliphatic imine (C=N–C) groups is 1. The summed E-state index contributed by atoms with van der Waals surface area (Å²) in [7, 11) is 1.87. The van der Waals surface area contributed by atoms with Crippen molar-refractivity contribution in [2.24, 2.45) is 4.99 Å². The highest BCUT2D eigenvalue weighted by molar-refractivity contribution is 6.03. The number of halogens is 3. The Kier molecular flexibility index (Phi) is 8.68. The van der Waals surface area contributed by atoms with Crippen LogP contribution in [0, 0.1) is 0 Å². The van der Waals surface area contributed by atoms with Crippen LogP contribution < -0.4 is 16.0 Å². The first-order chi connectivity index (χ1) is 12.8. The lowest BCUT2D eigenvalue weighted by Gasteiger charge is -2.30. The maximum Gasteiger partial charge on any atom is 0.389 e. The summed E-state index contributed by atoms with van der Waals surface area (Å²) < 4.78 is 36.7. The number of hydrogen-bond acceptors (Lipinski definition) is 4. The van der Waals surface area contributed by atoms with Crippen LogP contribution in [0.5, 0.6) is 0 Å². The van der Waals surface area contributed by atoms with Gasteiger partial charge in [0.25, 0.3) is 0 Å². The van der Waals surface area contributed by atoms with E-state index in [1.807, 2.05) is 27.0 Å². The zero-order chi connectivity index (χ0) is 21.6. The van der Waals surface area contributed by atoms with E-state index in [1.165, 1.54) is 6.42 Å². The molecule has 0 unspecified atom stereocenters. The van der Waals surface area contributed by atoms with E-state index in [0.717, 1.165) is 18.6 Å². The minimum absolute atomic E-state index is 0.0659. The molecule has 1 aliphatic rings. The third-order valence-corrected chi connectivity index (χ3v) is 5.10. The smallest absolute Gasteiger partial charge is 0.328 e. The Bertz CT molecular complexity index is 591. The van der Waals surface area contributed by atoms with Gasteiger partial charge in [-0.15, -0.1) is 0 Å². The number of carbonyl (C=O) groups excluding carboxylic acids is 1. The summed E-state index contributed by atoms with van der Waals surface area (Å²) >= 11 is 0. The lowest BCUT2D eigenvalue weighted by molar-refractivity contribution is -0.135. The van der Waals surface area contributed by atoms with Crippen LogP contribution in [0.15, 0.2) is 16.8 Å². The van der Waals surface area contributed by atoms with Crippen LogP contribution in [0.1, 0.15) is 66.7 Å². The van der Waals surface area contributed by atoms with Gasteiger partial charge in [-0.3, -0.25) is 9.79 Å². The van der Waals surface area contributed by atoms with Crippen LogP contribution in [0.25, 0.3) is 0 Å². The molecule has 0 aromatic carbocycles. The maximum atomic E-state index is 12.6. The fourth-order valence-corrected chi connectivity index (χ4v) is 2.57. The van der Waals surface area contributed by atoms with Gasteiger partial charge in [0.2, 0.25) is 5.91 Å². The molecule has 0 radical (unpaired) electrons. The van der Waals surface area contributed by atoms with Gasteiger partial charge in [0.05, 0.1) is 22.8 Å². The Morgan fingerprint density at radius 3 is 2.21 bits per heavy atom. The summed E-state index contributed by atoms with van der Waals surface area (Å²) in [4.78, 5) is 17.4. The molecular weight excluding hydrogens is 369 g/mol. The van der Waals surface area contributed by atoms with Crippen molar-refractivity contribution >= 4 is 11.6 Å². The molecule has 0 aliphatic heterocycles. The van der Waals surface area contributed by atoms with Crippen LogP contribution in [0.4, 0.5) is 13.2 Å². The Morgan fingerprint density at radius 2 is 1.75 bits per heavy atom. The van der Waals surface area contributed by atoms with Crippen molar-refractivity contribution in [1.29, 1.82) is 0 Å². The lowest BCUT2D eigenvalue weighted by Crippen LogP contribution is -2.52. The van der Waals surface area contributed by atoms with Crippen molar-refractivity contribution in [3.05, 3.63) is 11.8 Å². The average Bonchev–Trinajstić information content (AvgIpc) is 2.52. The Morgan fingerprint density at radius 1 is 1.14 bits per heavy atom. The second-order valence-electron chi connectivity index (χ2n) is 8.53. The van der Waals surface area contributed by atoms with Gasteiger partial charge in [0, 0.05) is 12.1 Å². The van der Waals surface area contributed by atoms with Crippen molar-refractivity contribution in [1.82, 2.24) is 16.0 Å². The quantitative estimate of drug-likeness (QED) is 0.384. The SMILES string of the molecule is CNC(C)(C)C(/C=C(\C)NC(=O)C(C)(C)NCCCC(F)(F)F)=N/C1CCC1. The summed E-state index contributed by atoms with van der Waals surface area (Å²) in [5, 5.41) is 8.98. The average molecular weight is 405 g/mol. The van der Waals surface area contributed by atoms with Gasteiger partial charge in [-0.05, 0) is 80.0 Å². The molecule has 0 heterocycles. The van der Waals surface area contributed by atoms with E-state index in [4.69, 9.17) is 4.99 Å². The first-order valence-electron chi connectivity index (χ1n) is 9.85. The molecule has 162 valence electrons. The number of amides is 1. The number of alkyl halides is 3. The minimum atomic E-state index is -4.18. The van der Waals surface area contributed by atoms with Crippen molar-refractivity contribution < 1.29 is 18.0 Å². The van der Waals surface area contributed by atoms with Crippen molar-refractivity contribution in [3.63, 3.8) is 0 Å². The molecule has 28 heavy (non-hydrogen) atoms. The van der Waals surface area contributed by atoms with E-state index in [9.17, 15) is 18.0 Å². The first-order valence-corrected chi connectivity index (χ1v) is 9.85. The van der Waals surface area contributed by atoms with Crippen molar-refractivity contribution in [2.45, 2.75) is 90.0 Å². The van der Waals surface area contributed by atoms with Crippen molar-refractivity contribution in [3.8, 4) is 0 Å². The topological polar surface area (TPSA) is 65.5 Å². The van der Waals surface area contributed by atoms with Gasteiger partial charge in [-0.2, -0.15) is 13.2 Å². The maximum absolute atomic E-state index is 12.6. The summed E-state index contributed by atoms with van der Waals surface area (Å²) in [5.41, 5.74) is 0.197. The second kappa shape index (κ2) is 9.87. The fraction of sp³-hybridized carbons (Fsp3) is 0.800. The summed E-state index contributed by atoms with van der Waals surface area (Å²) in [6, 6.07) is 0.328. The molecule has 1 fully saturated rings. The molecular formula is C20H35F3N4O. The molecule has 0 saturated heterocycles. The van der Waals surface area contributed by atoms with Gasteiger partial charge in [-0.25, -0.2) is 0 Å². The molecule has 8 heteroatoms. The third kappa shape index (κ3) is 8.31. The predicted octanol–water partition coefficient (Wildman–Crippen LogP) is 3.71. The highest BCUT2D eigenvalue weighted by atomic mass is 19.4. The summed E-state index contributed by atoms with van der Waals surface area (Å²) in [6.07, 6.45) is 0.111.